The summed E-state index contributed by atoms with van der Waals surface area (Å²) >= 11 is 5.96. The number of hydrogen-bond donors (Lipinski definition) is 1. The second kappa shape index (κ2) is 10.1. The first-order chi connectivity index (χ1) is 9.12. The molecule has 0 radical (unpaired) electrons. The molecule has 0 aliphatic carbocycles. The van der Waals surface area contributed by atoms with Crippen LogP contribution in [0.1, 0.15) is 26.3 Å². The topological polar surface area (TPSA) is 50.9 Å². The van der Waals surface area contributed by atoms with Crippen molar-refractivity contribution in [2.24, 2.45) is 10.7 Å². The van der Waals surface area contributed by atoms with Crippen molar-refractivity contribution < 1.29 is 4.74 Å². The highest BCUT2D eigenvalue weighted by molar-refractivity contribution is 14.0. The van der Waals surface area contributed by atoms with Crippen LogP contribution < -0.4 is 10.5 Å². The average Bonchev–Trinajstić information content (AvgIpc) is 2.39. The lowest BCUT2D eigenvalue weighted by atomic mass is 10.2. The van der Waals surface area contributed by atoms with Crippen LogP contribution in [0.4, 0.5) is 0 Å². The van der Waals surface area contributed by atoms with Crippen molar-refractivity contribution in [3.05, 3.63) is 28.8 Å². The van der Waals surface area contributed by atoms with Crippen LogP contribution in [0.5, 0.6) is 5.75 Å². The van der Waals surface area contributed by atoms with Gasteiger partial charge in [0.15, 0.2) is 5.96 Å². The van der Waals surface area contributed by atoms with Gasteiger partial charge in [0.1, 0.15) is 5.75 Å². The van der Waals surface area contributed by atoms with Gasteiger partial charge >= 0.3 is 0 Å². The lowest BCUT2D eigenvalue weighted by Gasteiger charge is -2.19. The molecule has 2 N–H and O–H groups in total. The quantitative estimate of drug-likeness (QED) is 0.443. The third-order valence-electron chi connectivity index (χ3n) is 2.83. The van der Waals surface area contributed by atoms with Crippen molar-refractivity contribution in [3.63, 3.8) is 0 Å². The van der Waals surface area contributed by atoms with E-state index < -0.39 is 0 Å². The van der Waals surface area contributed by atoms with Gasteiger partial charge in [0.2, 0.25) is 0 Å². The van der Waals surface area contributed by atoms with Gasteiger partial charge in [0, 0.05) is 23.7 Å². The van der Waals surface area contributed by atoms with E-state index in [1.165, 1.54) is 0 Å². The number of aliphatic imine (C=N–C) groups is 1. The molecule has 0 aliphatic heterocycles. The summed E-state index contributed by atoms with van der Waals surface area (Å²) in [5.41, 5.74) is 6.94. The van der Waals surface area contributed by atoms with Crippen LogP contribution in [-0.2, 0) is 6.54 Å². The molecule has 0 bridgehead atoms. The molecule has 20 heavy (non-hydrogen) atoms. The van der Waals surface area contributed by atoms with E-state index in [9.17, 15) is 0 Å². The summed E-state index contributed by atoms with van der Waals surface area (Å²) in [7, 11) is 0. The predicted octanol–water partition coefficient (Wildman–Crippen LogP) is 3.51. The molecule has 0 heterocycles. The maximum absolute atomic E-state index is 5.96. The van der Waals surface area contributed by atoms with Crippen molar-refractivity contribution >= 4 is 41.5 Å². The van der Waals surface area contributed by atoms with Crippen LogP contribution in [0, 0.1) is 0 Å². The van der Waals surface area contributed by atoms with Crippen molar-refractivity contribution in [3.8, 4) is 5.75 Å². The summed E-state index contributed by atoms with van der Waals surface area (Å²) in [5.74, 6) is 1.33. The van der Waals surface area contributed by atoms with Crippen LogP contribution in [0.25, 0.3) is 0 Å². The number of benzene rings is 1. The molecule has 0 saturated heterocycles. The zero-order valence-corrected chi connectivity index (χ0v) is 15.3. The van der Waals surface area contributed by atoms with E-state index in [-0.39, 0.29) is 24.0 Å². The Balaban J connectivity index is 0.00000361. The number of halogens is 2. The molecular formula is C14H23ClIN3O. The Hall–Kier alpha value is -0.690. The monoisotopic (exact) mass is 411 g/mol. The summed E-state index contributed by atoms with van der Waals surface area (Å²) in [4.78, 5) is 6.42. The van der Waals surface area contributed by atoms with Crippen LogP contribution in [0.3, 0.4) is 0 Å². The Labute approximate surface area is 143 Å². The SMILES string of the molecule is CCOc1cc(Cl)ccc1CN=C(N)N(CC)CC.I. The molecule has 0 aromatic heterocycles. The molecule has 0 atom stereocenters. The maximum atomic E-state index is 5.96. The molecule has 1 aromatic rings. The van der Waals surface area contributed by atoms with Crippen molar-refractivity contribution in [1.82, 2.24) is 4.90 Å². The zero-order valence-electron chi connectivity index (χ0n) is 12.2. The van der Waals surface area contributed by atoms with E-state index >= 15 is 0 Å². The Kier molecular flexibility index (Phi) is 9.75. The van der Waals surface area contributed by atoms with Gasteiger partial charge in [-0.2, -0.15) is 0 Å². The average molecular weight is 412 g/mol. The van der Waals surface area contributed by atoms with E-state index in [0.29, 0.717) is 24.1 Å². The number of nitrogens with two attached hydrogens (primary N) is 1. The smallest absolute Gasteiger partial charge is 0.191 e. The third-order valence-corrected chi connectivity index (χ3v) is 3.06. The van der Waals surface area contributed by atoms with Crippen molar-refractivity contribution in [2.75, 3.05) is 19.7 Å². The fourth-order valence-electron chi connectivity index (χ4n) is 1.76. The normalized spacial score (nSPS) is 10.9. The number of hydrogen-bond acceptors (Lipinski definition) is 2. The lowest BCUT2D eigenvalue weighted by molar-refractivity contribution is 0.336. The summed E-state index contributed by atoms with van der Waals surface area (Å²) in [6.07, 6.45) is 0. The first-order valence-electron chi connectivity index (χ1n) is 6.58. The summed E-state index contributed by atoms with van der Waals surface area (Å²) in [6.45, 7) is 8.85. The van der Waals surface area contributed by atoms with E-state index in [4.69, 9.17) is 22.1 Å². The highest BCUT2D eigenvalue weighted by atomic mass is 127. The fourth-order valence-corrected chi connectivity index (χ4v) is 1.92. The molecule has 4 nitrogen and oxygen atoms in total. The van der Waals surface area contributed by atoms with Gasteiger partial charge in [-0.1, -0.05) is 17.7 Å². The van der Waals surface area contributed by atoms with Gasteiger partial charge in [-0.3, -0.25) is 0 Å². The Bertz CT molecular complexity index is 436. The molecule has 1 aromatic carbocycles. The van der Waals surface area contributed by atoms with E-state index in [2.05, 4.69) is 18.8 Å². The highest BCUT2D eigenvalue weighted by Gasteiger charge is 2.06. The molecule has 6 heteroatoms. The Morgan fingerprint density at radius 3 is 2.50 bits per heavy atom. The second-order valence-electron chi connectivity index (χ2n) is 4.03. The standard InChI is InChI=1S/C14H22ClN3O.HI/c1-4-18(5-2)14(16)17-10-11-7-8-12(15)9-13(11)19-6-3;/h7-9H,4-6,10H2,1-3H3,(H2,16,17);1H. The van der Waals surface area contributed by atoms with E-state index in [1.807, 2.05) is 30.0 Å². The summed E-state index contributed by atoms with van der Waals surface area (Å²) < 4.78 is 5.56. The van der Waals surface area contributed by atoms with E-state index in [1.54, 1.807) is 0 Å². The molecular weight excluding hydrogens is 389 g/mol. The minimum absolute atomic E-state index is 0. The number of nitrogens with zero attached hydrogens (tertiary/aromatic N) is 2. The third kappa shape index (κ3) is 5.75. The molecule has 0 saturated carbocycles. The van der Waals surface area contributed by atoms with Crippen LogP contribution in [0.15, 0.2) is 23.2 Å². The Morgan fingerprint density at radius 2 is 1.95 bits per heavy atom. The molecule has 0 unspecified atom stereocenters. The first kappa shape index (κ1) is 19.3. The maximum Gasteiger partial charge on any atom is 0.191 e. The van der Waals surface area contributed by atoms with Crippen molar-refractivity contribution in [2.45, 2.75) is 27.3 Å². The molecule has 1 rings (SSSR count). The predicted molar refractivity (Wildman–Crippen MR) is 96.3 cm³/mol. The zero-order chi connectivity index (χ0) is 14.3. The van der Waals surface area contributed by atoms with Gasteiger partial charge in [0.05, 0.1) is 13.2 Å². The van der Waals surface area contributed by atoms with E-state index in [0.717, 1.165) is 24.4 Å². The molecule has 0 aliphatic rings. The first-order valence-corrected chi connectivity index (χ1v) is 6.96. The molecule has 0 fully saturated rings. The second-order valence-corrected chi connectivity index (χ2v) is 4.47. The van der Waals surface area contributed by atoms with Gasteiger partial charge in [-0.05, 0) is 32.9 Å². The lowest BCUT2D eigenvalue weighted by Crippen LogP contribution is -2.37. The van der Waals surface area contributed by atoms with Gasteiger partial charge in [0.25, 0.3) is 0 Å². The summed E-state index contributed by atoms with van der Waals surface area (Å²) in [6, 6.07) is 5.57. The van der Waals surface area contributed by atoms with Gasteiger partial charge in [-0.15, -0.1) is 24.0 Å². The number of ether oxygens (including phenoxy) is 1. The van der Waals surface area contributed by atoms with Gasteiger partial charge < -0.3 is 15.4 Å². The minimum atomic E-state index is 0. The largest absolute Gasteiger partial charge is 0.493 e. The Morgan fingerprint density at radius 1 is 1.30 bits per heavy atom. The summed E-state index contributed by atoms with van der Waals surface area (Å²) in [5, 5.41) is 0.660. The van der Waals surface area contributed by atoms with Crippen LogP contribution in [0.2, 0.25) is 5.02 Å². The van der Waals surface area contributed by atoms with Crippen LogP contribution in [-0.4, -0.2) is 30.6 Å². The fraction of sp³-hybridized carbons (Fsp3) is 0.500. The molecule has 114 valence electrons. The van der Waals surface area contributed by atoms with Gasteiger partial charge in [-0.25, -0.2) is 4.99 Å². The van der Waals surface area contributed by atoms with Crippen LogP contribution >= 0.6 is 35.6 Å². The molecule has 0 amide bonds. The minimum Gasteiger partial charge on any atom is -0.493 e. The number of rotatable bonds is 6. The van der Waals surface area contributed by atoms with Crippen molar-refractivity contribution in [1.29, 1.82) is 0 Å². The number of guanidine groups is 1. The molecule has 0 spiro atoms. The highest BCUT2D eigenvalue weighted by Crippen LogP contribution is 2.24.